The van der Waals surface area contributed by atoms with Crippen LogP contribution in [-0.2, 0) is 0 Å². The lowest BCUT2D eigenvalue weighted by Crippen LogP contribution is -2.00. The molecule has 1 aliphatic carbocycles. The Balaban J connectivity index is 2.97. The van der Waals surface area contributed by atoms with Gasteiger partial charge in [0.15, 0.2) is 0 Å². The van der Waals surface area contributed by atoms with Gasteiger partial charge in [-0.1, -0.05) is 39.3 Å². The zero-order valence-corrected chi connectivity index (χ0v) is 9.67. The van der Waals surface area contributed by atoms with E-state index in [2.05, 4.69) is 43.0 Å². The lowest BCUT2D eigenvalue weighted by Gasteiger charge is -2.15. The zero-order valence-electron chi connectivity index (χ0n) is 8.52. The van der Waals surface area contributed by atoms with Crippen LogP contribution in [0.25, 0.3) is 0 Å². The van der Waals surface area contributed by atoms with Crippen molar-refractivity contribution in [2.24, 2.45) is 11.8 Å². The molecule has 1 rings (SSSR count). The van der Waals surface area contributed by atoms with Gasteiger partial charge in [-0.3, -0.25) is 0 Å². The predicted molar refractivity (Wildman–Crippen MR) is 59.1 cm³/mol. The maximum atomic E-state index is 2.85. The summed E-state index contributed by atoms with van der Waals surface area (Å²) in [7, 11) is 2.85. The van der Waals surface area contributed by atoms with Crippen LogP contribution in [0.15, 0.2) is 22.5 Å². The van der Waals surface area contributed by atoms with Gasteiger partial charge in [0.25, 0.3) is 0 Å². The Kier molecular flexibility index (Phi) is 3.12. The molecule has 0 fully saturated rings. The van der Waals surface area contributed by atoms with E-state index < -0.39 is 0 Å². The minimum absolute atomic E-state index is 0.675. The van der Waals surface area contributed by atoms with Crippen LogP contribution in [0, 0.1) is 11.8 Å². The van der Waals surface area contributed by atoms with Crippen LogP contribution in [0.1, 0.15) is 34.1 Å². The first-order valence-corrected chi connectivity index (χ1v) is 5.30. The number of rotatable bonds is 2. The predicted octanol–water partition coefficient (Wildman–Crippen LogP) is 3.76. The molecule has 1 aliphatic rings. The van der Waals surface area contributed by atoms with Crippen LogP contribution >= 0.6 is 9.24 Å². The van der Waals surface area contributed by atoms with Crippen molar-refractivity contribution in [2.45, 2.75) is 34.1 Å². The van der Waals surface area contributed by atoms with Crippen molar-refractivity contribution in [3.8, 4) is 0 Å². The normalized spacial score (nSPS) is 18.1. The van der Waals surface area contributed by atoms with E-state index in [-0.39, 0.29) is 0 Å². The van der Waals surface area contributed by atoms with Crippen molar-refractivity contribution in [1.82, 2.24) is 0 Å². The fraction of sp³-hybridized carbons (Fsp3) is 0.636. The average molecular weight is 182 g/mol. The molecule has 0 amide bonds. The molecule has 0 heterocycles. The third kappa shape index (κ3) is 1.80. The maximum Gasteiger partial charge on any atom is -0.0121 e. The van der Waals surface area contributed by atoms with Gasteiger partial charge >= 0.3 is 0 Å². The summed E-state index contributed by atoms with van der Waals surface area (Å²) < 4.78 is 0. The van der Waals surface area contributed by atoms with E-state index in [9.17, 15) is 0 Å². The van der Waals surface area contributed by atoms with E-state index in [1.54, 1.807) is 11.1 Å². The van der Waals surface area contributed by atoms with Crippen molar-refractivity contribution in [1.29, 1.82) is 0 Å². The molecule has 68 valence electrons. The Labute approximate surface area is 78.3 Å². The Morgan fingerprint density at radius 1 is 1.17 bits per heavy atom. The summed E-state index contributed by atoms with van der Waals surface area (Å²) in [6.45, 7) is 9.13. The second kappa shape index (κ2) is 3.75. The van der Waals surface area contributed by atoms with Crippen molar-refractivity contribution in [3.05, 3.63) is 22.5 Å². The fourth-order valence-corrected chi connectivity index (χ4v) is 2.51. The van der Waals surface area contributed by atoms with Gasteiger partial charge in [0.2, 0.25) is 0 Å². The van der Waals surface area contributed by atoms with Crippen LogP contribution in [0.2, 0.25) is 0 Å². The van der Waals surface area contributed by atoms with Crippen LogP contribution in [0.4, 0.5) is 0 Å². The van der Waals surface area contributed by atoms with Gasteiger partial charge in [0, 0.05) is 0 Å². The van der Waals surface area contributed by atoms with Gasteiger partial charge in [-0.2, -0.15) is 0 Å². The van der Waals surface area contributed by atoms with E-state index in [0.29, 0.717) is 11.8 Å². The van der Waals surface area contributed by atoms with Gasteiger partial charge in [-0.25, -0.2) is 0 Å². The van der Waals surface area contributed by atoms with Gasteiger partial charge in [0.05, 0.1) is 0 Å². The smallest absolute Gasteiger partial charge is 0.0121 e. The molecule has 0 aromatic carbocycles. The average Bonchev–Trinajstić information content (AvgIpc) is 2.30. The largest absolute Gasteiger partial charge is 0.106 e. The minimum Gasteiger partial charge on any atom is -0.106 e. The molecule has 0 aliphatic heterocycles. The van der Waals surface area contributed by atoms with E-state index in [4.69, 9.17) is 0 Å². The van der Waals surface area contributed by atoms with Crippen molar-refractivity contribution < 1.29 is 0 Å². The molecule has 1 heteroatoms. The summed E-state index contributed by atoms with van der Waals surface area (Å²) in [6, 6.07) is 0. The molecule has 1 unspecified atom stereocenters. The Morgan fingerprint density at radius 3 is 2.08 bits per heavy atom. The van der Waals surface area contributed by atoms with E-state index in [0.717, 1.165) is 0 Å². The van der Waals surface area contributed by atoms with Gasteiger partial charge in [0.1, 0.15) is 0 Å². The summed E-state index contributed by atoms with van der Waals surface area (Å²) in [6.07, 6.45) is 3.50. The first-order valence-electron chi connectivity index (χ1n) is 4.73. The molecule has 12 heavy (non-hydrogen) atoms. The molecule has 0 saturated heterocycles. The summed E-state index contributed by atoms with van der Waals surface area (Å²) >= 11 is 0. The van der Waals surface area contributed by atoms with Crippen molar-refractivity contribution in [2.75, 3.05) is 0 Å². The van der Waals surface area contributed by atoms with Crippen molar-refractivity contribution in [3.63, 3.8) is 0 Å². The Bertz CT molecular complexity index is 231. The summed E-state index contributed by atoms with van der Waals surface area (Å²) in [5.74, 6) is 1.38. The highest BCUT2D eigenvalue weighted by atomic mass is 31.0. The lowest BCUT2D eigenvalue weighted by molar-refractivity contribution is 0.701. The van der Waals surface area contributed by atoms with Gasteiger partial charge in [-0.15, -0.1) is 9.24 Å². The molecule has 0 spiro atoms. The summed E-state index contributed by atoms with van der Waals surface area (Å²) in [5, 5.41) is 1.42. The topological polar surface area (TPSA) is 0 Å². The number of hydrogen-bond acceptors (Lipinski definition) is 0. The van der Waals surface area contributed by atoms with Crippen LogP contribution in [0.5, 0.6) is 0 Å². The molecule has 0 aromatic heterocycles. The molecule has 1 atom stereocenters. The second-order valence-corrected chi connectivity index (χ2v) is 4.73. The third-order valence-corrected chi connectivity index (χ3v) is 3.02. The first kappa shape index (κ1) is 9.99. The van der Waals surface area contributed by atoms with Crippen LogP contribution < -0.4 is 0 Å². The summed E-state index contributed by atoms with van der Waals surface area (Å²) in [5.41, 5.74) is 3.21. The van der Waals surface area contributed by atoms with Crippen LogP contribution in [-0.4, -0.2) is 0 Å². The molecule has 0 aromatic rings. The molecule has 0 saturated carbocycles. The van der Waals surface area contributed by atoms with Gasteiger partial charge < -0.3 is 0 Å². The number of allylic oxidation sites excluding steroid dienone is 4. The Morgan fingerprint density at radius 2 is 1.75 bits per heavy atom. The SMILES string of the molecule is CC(C)C1=C(C(C)C)C(P)=CC1. The van der Waals surface area contributed by atoms with E-state index in [1.807, 2.05) is 0 Å². The monoisotopic (exact) mass is 182 g/mol. The van der Waals surface area contributed by atoms with E-state index in [1.165, 1.54) is 11.7 Å². The number of hydrogen-bond donors (Lipinski definition) is 0. The van der Waals surface area contributed by atoms with Gasteiger partial charge in [-0.05, 0) is 29.1 Å². The highest BCUT2D eigenvalue weighted by molar-refractivity contribution is 7.23. The third-order valence-electron chi connectivity index (χ3n) is 2.47. The maximum absolute atomic E-state index is 2.85. The second-order valence-electron chi connectivity index (χ2n) is 4.11. The quantitative estimate of drug-likeness (QED) is 0.570. The van der Waals surface area contributed by atoms with Crippen LogP contribution in [0.3, 0.4) is 0 Å². The molecule has 0 bridgehead atoms. The highest BCUT2D eigenvalue weighted by Gasteiger charge is 2.18. The Hall–Kier alpha value is -0.0900. The standard InChI is InChI=1S/C11H19P/c1-7(2)9-5-6-10(12)11(9)8(3)4/h6-8H,5,12H2,1-4H3. The highest BCUT2D eigenvalue weighted by Crippen LogP contribution is 2.38. The fourth-order valence-electron chi connectivity index (χ4n) is 1.88. The molecule has 0 nitrogen and oxygen atoms in total. The molecule has 0 N–H and O–H groups in total. The molecular formula is C11H19P. The van der Waals surface area contributed by atoms with E-state index >= 15 is 0 Å². The first-order chi connectivity index (χ1) is 5.54. The molecular weight excluding hydrogens is 163 g/mol. The molecule has 0 radical (unpaired) electrons. The summed E-state index contributed by atoms with van der Waals surface area (Å²) in [4.78, 5) is 0. The lowest BCUT2D eigenvalue weighted by atomic mass is 9.93. The van der Waals surface area contributed by atoms with Crippen molar-refractivity contribution >= 4 is 9.24 Å². The minimum atomic E-state index is 0.675. The zero-order chi connectivity index (χ0) is 9.30.